The maximum absolute atomic E-state index is 6.10. The molecule has 0 aromatic rings. The van der Waals surface area contributed by atoms with Gasteiger partial charge < -0.3 is 4.90 Å². The minimum Gasteiger partial charge on any atom is -0.363 e. The van der Waals surface area contributed by atoms with Gasteiger partial charge >= 0.3 is 0 Å². The number of halogens is 1. The van der Waals surface area contributed by atoms with Gasteiger partial charge in [-0.25, -0.2) is 0 Å². The van der Waals surface area contributed by atoms with E-state index in [9.17, 15) is 0 Å². The molecule has 0 aliphatic heterocycles. The average Bonchev–Trinajstić information content (AvgIpc) is 2.05. The van der Waals surface area contributed by atoms with Gasteiger partial charge in [0, 0.05) is 13.1 Å². The molecule has 0 aliphatic rings. The van der Waals surface area contributed by atoms with Crippen molar-refractivity contribution in [2.45, 2.75) is 34.1 Å². The van der Waals surface area contributed by atoms with Gasteiger partial charge in [-0.2, -0.15) is 0 Å². The molecule has 0 saturated carbocycles. The van der Waals surface area contributed by atoms with E-state index in [0.29, 0.717) is 0 Å². The fourth-order valence-corrected chi connectivity index (χ4v) is 1.29. The molecule has 0 heterocycles. The molecule has 0 spiro atoms. The molecule has 0 N–H and O–H groups in total. The Kier molecular flexibility index (Phi) is 5.39. The van der Waals surface area contributed by atoms with E-state index >= 15 is 0 Å². The van der Waals surface area contributed by atoms with Gasteiger partial charge in [0.1, 0.15) is 5.16 Å². The van der Waals surface area contributed by atoms with Crippen LogP contribution < -0.4 is 0 Å². The highest BCUT2D eigenvalue weighted by atomic mass is 35.5. The van der Waals surface area contributed by atoms with Gasteiger partial charge in [-0.05, 0) is 32.8 Å². The number of hydrogen-bond acceptors (Lipinski definition) is 1. The lowest BCUT2D eigenvalue weighted by Crippen LogP contribution is -2.20. The van der Waals surface area contributed by atoms with Crippen molar-refractivity contribution < 1.29 is 0 Å². The zero-order valence-electron chi connectivity index (χ0n) is 7.95. The summed E-state index contributed by atoms with van der Waals surface area (Å²) in [7, 11) is 0. The lowest BCUT2D eigenvalue weighted by atomic mass is 10.2. The second-order valence-electron chi connectivity index (χ2n) is 2.60. The standard InChI is InChI=1S/C9H18ClN/c1-5-8(4)9(10)11(6-2)7-3/h5-7H2,1-4H3/b9-8+. The van der Waals surface area contributed by atoms with Crippen LogP contribution in [0.15, 0.2) is 10.7 Å². The molecule has 0 radical (unpaired) electrons. The molecule has 0 fully saturated rings. The van der Waals surface area contributed by atoms with Crippen molar-refractivity contribution in [3.8, 4) is 0 Å². The molecule has 0 aliphatic carbocycles. The predicted molar refractivity (Wildman–Crippen MR) is 51.8 cm³/mol. The Morgan fingerprint density at radius 2 is 1.64 bits per heavy atom. The minimum absolute atomic E-state index is 0.928. The molecule has 0 aromatic carbocycles. The first kappa shape index (κ1) is 10.8. The Hall–Kier alpha value is -0.170. The van der Waals surface area contributed by atoms with Crippen LogP contribution in [0.1, 0.15) is 34.1 Å². The highest BCUT2D eigenvalue weighted by Crippen LogP contribution is 2.16. The average molecular weight is 176 g/mol. The Morgan fingerprint density at radius 3 is 1.91 bits per heavy atom. The summed E-state index contributed by atoms with van der Waals surface area (Å²) in [6.07, 6.45) is 1.04. The van der Waals surface area contributed by atoms with Crippen molar-refractivity contribution in [2.24, 2.45) is 0 Å². The van der Waals surface area contributed by atoms with E-state index in [1.807, 2.05) is 0 Å². The van der Waals surface area contributed by atoms with Gasteiger partial charge in [-0.15, -0.1) is 0 Å². The molecular formula is C9H18ClN. The summed E-state index contributed by atoms with van der Waals surface area (Å²) >= 11 is 6.10. The van der Waals surface area contributed by atoms with Crippen molar-refractivity contribution in [1.29, 1.82) is 0 Å². The first-order valence-corrected chi connectivity index (χ1v) is 4.65. The second-order valence-corrected chi connectivity index (χ2v) is 2.95. The third kappa shape index (κ3) is 3.15. The highest BCUT2D eigenvalue weighted by Gasteiger charge is 2.03. The minimum atomic E-state index is 0.928. The van der Waals surface area contributed by atoms with Crippen LogP contribution >= 0.6 is 11.6 Å². The van der Waals surface area contributed by atoms with E-state index in [0.717, 1.165) is 24.7 Å². The van der Waals surface area contributed by atoms with Crippen LogP contribution in [-0.4, -0.2) is 18.0 Å². The topological polar surface area (TPSA) is 3.24 Å². The zero-order valence-corrected chi connectivity index (χ0v) is 8.70. The lowest BCUT2D eigenvalue weighted by molar-refractivity contribution is 0.401. The van der Waals surface area contributed by atoms with Gasteiger partial charge in [0.2, 0.25) is 0 Å². The molecule has 0 unspecified atom stereocenters. The van der Waals surface area contributed by atoms with E-state index in [2.05, 4.69) is 32.6 Å². The molecule has 0 amide bonds. The lowest BCUT2D eigenvalue weighted by Gasteiger charge is -2.21. The van der Waals surface area contributed by atoms with E-state index in [1.165, 1.54) is 5.57 Å². The number of nitrogens with zero attached hydrogens (tertiary/aromatic N) is 1. The molecule has 0 atom stereocenters. The second kappa shape index (κ2) is 5.48. The fraction of sp³-hybridized carbons (Fsp3) is 0.778. The van der Waals surface area contributed by atoms with Crippen LogP contribution in [0.3, 0.4) is 0 Å². The van der Waals surface area contributed by atoms with Gasteiger partial charge in [0.25, 0.3) is 0 Å². The molecule has 0 rings (SSSR count). The monoisotopic (exact) mass is 175 g/mol. The number of rotatable bonds is 4. The number of allylic oxidation sites excluding steroid dienone is 1. The molecule has 11 heavy (non-hydrogen) atoms. The first-order chi connectivity index (χ1) is 5.17. The summed E-state index contributed by atoms with van der Waals surface area (Å²) in [4.78, 5) is 2.17. The van der Waals surface area contributed by atoms with Crippen LogP contribution in [0, 0.1) is 0 Å². The van der Waals surface area contributed by atoms with Gasteiger partial charge in [0.05, 0.1) is 0 Å². The molecular weight excluding hydrogens is 158 g/mol. The Balaban J connectivity index is 4.28. The first-order valence-electron chi connectivity index (χ1n) is 4.27. The van der Waals surface area contributed by atoms with Crippen LogP contribution in [0.2, 0.25) is 0 Å². The normalized spacial score (nSPS) is 12.8. The third-order valence-corrected chi connectivity index (χ3v) is 2.49. The molecule has 0 bridgehead atoms. The largest absolute Gasteiger partial charge is 0.363 e. The molecule has 0 aromatic heterocycles. The van der Waals surface area contributed by atoms with Crippen molar-refractivity contribution in [3.63, 3.8) is 0 Å². The van der Waals surface area contributed by atoms with Crippen LogP contribution in [0.4, 0.5) is 0 Å². The molecule has 0 saturated heterocycles. The summed E-state index contributed by atoms with van der Waals surface area (Å²) in [5.41, 5.74) is 1.27. The summed E-state index contributed by atoms with van der Waals surface area (Å²) in [5, 5.41) is 0.928. The van der Waals surface area contributed by atoms with Gasteiger partial charge in [-0.1, -0.05) is 18.5 Å². The maximum atomic E-state index is 6.10. The Bertz CT molecular complexity index is 136. The Labute approximate surface area is 75.0 Å². The van der Waals surface area contributed by atoms with Crippen molar-refractivity contribution in [3.05, 3.63) is 10.7 Å². The third-order valence-electron chi connectivity index (χ3n) is 1.92. The molecule has 2 heteroatoms. The van der Waals surface area contributed by atoms with Crippen molar-refractivity contribution in [1.82, 2.24) is 4.90 Å². The van der Waals surface area contributed by atoms with Crippen LogP contribution in [0.5, 0.6) is 0 Å². The SMILES string of the molecule is CC/C(C)=C(\Cl)N(CC)CC. The van der Waals surface area contributed by atoms with E-state index in [4.69, 9.17) is 11.6 Å². The summed E-state index contributed by atoms with van der Waals surface area (Å²) in [6, 6.07) is 0. The molecule has 66 valence electrons. The zero-order chi connectivity index (χ0) is 8.85. The highest BCUT2D eigenvalue weighted by molar-refractivity contribution is 6.29. The summed E-state index contributed by atoms with van der Waals surface area (Å²) < 4.78 is 0. The Morgan fingerprint density at radius 1 is 1.18 bits per heavy atom. The smallest absolute Gasteiger partial charge is 0.103 e. The van der Waals surface area contributed by atoms with E-state index in [-0.39, 0.29) is 0 Å². The van der Waals surface area contributed by atoms with Crippen LogP contribution in [-0.2, 0) is 0 Å². The summed E-state index contributed by atoms with van der Waals surface area (Å²) in [5.74, 6) is 0. The fourth-order valence-electron chi connectivity index (χ4n) is 0.917. The molecule has 1 nitrogen and oxygen atoms in total. The quantitative estimate of drug-likeness (QED) is 0.594. The van der Waals surface area contributed by atoms with Gasteiger partial charge in [-0.3, -0.25) is 0 Å². The van der Waals surface area contributed by atoms with Crippen LogP contribution in [0.25, 0.3) is 0 Å². The van der Waals surface area contributed by atoms with Crippen molar-refractivity contribution in [2.75, 3.05) is 13.1 Å². The van der Waals surface area contributed by atoms with E-state index < -0.39 is 0 Å². The summed E-state index contributed by atoms with van der Waals surface area (Å²) in [6.45, 7) is 10.4. The number of hydrogen-bond donors (Lipinski definition) is 0. The predicted octanol–water partition coefficient (Wildman–Crippen LogP) is 3.21. The van der Waals surface area contributed by atoms with Gasteiger partial charge in [0.15, 0.2) is 0 Å². The van der Waals surface area contributed by atoms with Crippen molar-refractivity contribution >= 4 is 11.6 Å². The maximum Gasteiger partial charge on any atom is 0.103 e. The van der Waals surface area contributed by atoms with E-state index in [1.54, 1.807) is 0 Å².